The van der Waals surface area contributed by atoms with Crippen LogP contribution in [0.15, 0.2) is 18.2 Å². The zero-order valence-corrected chi connectivity index (χ0v) is 12.8. The Balaban J connectivity index is 2.33. The maximum Gasteiger partial charge on any atom is 0.324 e. The highest BCUT2D eigenvalue weighted by atomic mass is 16.6. The summed E-state index contributed by atoms with van der Waals surface area (Å²) in [6.07, 6.45) is 1.60. The number of carbonyl (C=O) groups excluding carboxylic acids is 2. The topological polar surface area (TPSA) is 92.6 Å². The van der Waals surface area contributed by atoms with Crippen molar-refractivity contribution in [1.82, 2.24) is 10.2 Å². The Morgan fingerprint density at radius 1 is 1.50 bits per heavy atom. The number of nitrogens with one attached hydrogen (secondary N) is 1. The molecule has 0 spiro atoms. The van der Waals surface area contributed by atoms with Gasteiger partial charge in [0.25, 0.3) is 5.69 Å². The van der Waals surface area contributed by atoms with Crippen molar-refractivity contribution in [2.75, 3.05) is 7.05 Å². The molecule has 1 aliphatic rings. The molecule has 2 rings (SSSR count). The summed E-state index contributed by atoms with van der Waals surface area (Å²) >= 11 is 0. The Kier molecular flexibility index (Phi) is 4.16. The fourth-order valence-electron chi connectivity index (χ4n) is 3.03. The molecule has 2 unspecified atom stereocenters. The molecule has 22 heavy (non-hydrogen) atoms. The van der Waals surface area contributed by atoms with Crippen LogP contribution in [-0.4, -0.2) is 34.9 Å². The number of carbonyl (C=O) groups is 2. The first-order valence-electron chi connectivity index (χ1n) is 7.03. The minimum atomic E-state index is -0.462. The first kappa shape index (κ1) is 15.9. The molecule has 0 radical (unpaired) electrons. The van der Waals surface area contributed by atoms with Crippen LogP contribution >= 0.6 is 0 Å². The second-order valence-corrected chi connectivity index (χ2v) is 5.98. The van der Waals surface area contributed by atoms with Gasteiger partial charge in [-0.25, -0.2) is 4.79 Å². The Hall–Kier alpha value is -2.44. The summed E-state index contributed by atoms with van der Waals surface area (Å²) in [7, 11) is 1.66. The molecule has 7 nitrogen and oxygen atoms in total. The zero-order chi connectivity index (χ0) is 16.5. The average molecular weight is 305 g/mol. The van der Waals surface area contributed by atoms with Crippen molar-refractivity contribution >= 4 is 18.1 Å². The summed E-state index contributed by atoms with van der Waals surface area (Å²) < 4.78 is 0. The number of amides is 3. The van der Waals surface area contributed by atoms with Gasteiger partial charge in [-0.3, -0.25) is 20.2 Å². The summed E-state index contributed by atoms with van der Waals surface area (Å²) in [6, 6.07) is 4.40. The Morgan fingerprint density at radius 3 is 2.77 bits per heavy atom. The third-order valence-electron chi connectivity index (χ3n) is 4.79. The van der Waals surface area contributed by atoms with Crippen molar-refractivity contribution < 1.29 is 14.5 Å². The molecule has 0 saturated heterocycles. The number of nitro benzene ring substituents is 1. The molecule has 1 aromatic rings. The van der Waals surface area contributed by atoms with E-state index in [0.717, 1.165) is 11.1 Å². The van der Waals surface area contributed by atoms with Gasteiger partial charge in [-0.05, 0) is 36.8 Å². The van der Waals surface area contributed by atoms with E-state index in [1.807, 2.05) is 13.8 Å². The van der Waals surface area contributed by atoms with Crippen LogP contribution in [-0.2, 0) is 17.6 Å². The van der Waals surface area contributed by atoms with Crippen LogP contribution in [0.5, 0.6) is 0 Å². The minimum Gasteiger partial charge on any atom is -0.322 e. The van der Waals surface area contributed by atoms with E-state index in [1.165, 1.54) is 11.0 Å². The molecule has 1 N–H and O–H groups in total. The molecule has 0 fully saturated rings. The van der Waals surface area contributed by atoms with Gasteiger partial charge in [-0.1, -0.05) is 13.0 Å². The molecule has 3 amide bonds. The van der Waals surface area contributed by atoms with Crippen molar-refractivity contribution in [2.45, 2.75) is 32.2 Å². The molecule has 2 atom stereocenters. The van der Waals surface area contributed by atoms with E-state index in [4.69, 9.17) is 0 Å². The van der Waals surface area contributed by atoms with Crippen molar-refractivity contribution in [3.05, 3.63) is 39.4 Å². The minimum absolute atomic E-state index is 0.0848. The first-order chi connectivity index (χ1) is 10.3. The number of non-ortho nitro benzene ring substituents is 1. The molecule has 0 aliphatic heterocycles. The van der Waals surface area contributed by atoms with E-state index in [1.54, 1.807) is 19.2 Å². The van der Waals surface area contributed by atoms with Crippen LogP contribution in [0, 0.1) is 16.0 Å². The molecule has 0 bridgehead atoms. The number of hydrogen-bond donors (Lipinski definition) is 1. The number of likely N-dealkylation sites (N-methyl/N-ethyl adjacent to an activating group) is 1. The zero-order valence-electron chi connectivity index (χ0n) is 12.8. The SMILES string of the molecule is CC1Cc2cc([N+](=O)[O-])ccc2CC1(C)N(C)C(=O)NC=O. The van der Waals surface area contributed by atoms with Crippen LogP contribution < -0.4 is 5.32 Å². The predicted molar refractivity (Wildman–Crippen MR) is 80.4 cm³/mol. The van der Waals surface area contributed by atoms with E-state index in [0.29, 0.717) is 19.3 Å². The lowest BCUT2D eigenvalue weighted by atomic mass is 9.71. The van der Waals surface area contributed by atoms with Gasteiger partial charge in [0.05, 0.1) is 4.92 Å². The van der Waals surface area contributed by atoms with Gasteiger partial charge in [-0.15, -0.1) is 0 Å². The Morgan fingerprint density at radius 2 is 2.18 bits per heavy atom. The van der Waals surface area contributed by atoms with Crippen LogP contribution in [0.4, 0.5) is 10.5 Å². The quantitative estimate of drug-likeness (QED) is 0.524. The number of urea groups is 1. The highest BCUT2D eigenvalue weighted by Gasteiger charge is 2.41. The molecular weight excluding hydrogens is 286 g/mol. The Labute approximate surface area is 128 Å². The lowest BCUT2D eigenvalue weighted by Gasteiger charge is -2.46. The summed E-state index contributed by atoms with van der Waals surface area (Å²) in [5.41, 5.74) is 1.57. The molecule has 0 heterocycles. The predicted octanol–water partition coefficient (Wildman–Crippen LogP) is 1.89. The van der Waals surface area contributed by atoms with Crippen molar-refractivity contribution in [1.29, 1.82) is 0 Å². The van der Waals surface area contributed by atoms with Crippen molar-refractivity contribution in [3.63, 3.8) is 0 Å². The summed E-state index contributed by atoms with van der Waals surface area (Å²) in [5, 5.41) is 13.0. The second-order valence-electron chi connectivity index (χ2n) is 5.98. The molecule has 1 aromatic carbocycles. The maximum atomic E-state index is 11.9. The number of imide groups is 1. The highest BCUT2D eigenvalue weighted by molar-refractivity contribution is 5.84. The van der Waals surface area contributed by atoms with E-state index >= 15 is 0 Å². The molecule has 1 aliphatic carbocycles. The maximum absolute atomic E-state index is 11.9. The third-order valence-corrected chi connectivity index (χ3v) is 4.79. The molecule has 7 heteroatoms. The smallest absolute Gasteiger partial charge is 0.322 e. The van der Waals surface area contributed by atoms with Gasteiger partial charge in [0, 0.05) is 24.7 Å². The Bertz CT molecular complexity index is 631. The fourth-order valence-corrected chi connectivity index (χ4v) is 3.03. The number of hydrogen-bond acceptors (Lipinski definition) is 4. The van der Waals surface area contributed by atoms with E-state index in [2.05, 4.69) is 5.32 Å². The van der Waals surface area contributed by atoms with Gasteiger partial charge >= 0.3 is 6.03 Å². The van der Waals surface area contributed by atoms with Gasteiger partial charge < -0.3 is 4.90 Å². The molecule has 0 aromatic heterocycles. The van der Waals surface area contributed by atoms with Gasteiger partial charge in [0.1, 0.15) is 0 Å². The normalized spacial score (nSPS) is 23.3. The van der Waals surface area contributed by atoms with Crippen molar-refractivity contribution in [3.8, 4) is 0 Å². The average Bonchev–Trinajstić information content (AvgIpc) is 2.47. The molecule has 118 valence electrons. The number of nitro groups is 1. The van der Waals surface area contributed by atoms with Gasteiger partial charge in [-0.2, -0.15) is 0 Å². The van der Waals surface area contributed by atoms with Crippen LogP contribution in [0.1, 0.15) is 25.0 Å². The van der Waals surface area contributed by atoms with E-state index in [9.17, 15) is 19.7 Å². The fraction of sp³-hybridized carbons (Fsp3) is 0.467. The second kappa shape index (κ2) is 5.75. The standard InChI is InChI=1S/C15H19N3O4/c1-10-6-12-7-13(18(21)22)5-4-11(12)8-15(10,2)17(3)14(20)16-9-19/h4-5,7,9-10H,6,8H2,1-3H3,(H,16,19,20). The lowest BCUT2D eigenvalue weighted by Crippen LogP contribution is -2.57. The lowest BCUT2D eigenvalue weighted by molar-refractivity contribution is -0.385. The monoisotopic (exact) mass is 305 g/mol. The van der Waals surface area contributed by atoms with Gasteiger partial charge in [0.2, 0.25) is 6.41 Å². The van der Waals surface area contributed by atoms with Gasteiger partial charge in [0.15, 0.2) is 0 Å². The summed E-state index contributed by atoms with van der Waals surface area (Å²) in [4.78, 5) is 34.4. The summed E-state index contributed by atoms with van der Waals surface area (Å²) in [6.45, 7) is 3.97. The van der Waals surface area contributed by atoms with Crippen LogP contribution in [0.3, 0.4) is 0 Å². The molecular formula is C15H19N3O4. The third kappa shape index (κ3) is 2.66. The number of fused-ring (bicyclic) bond motifs is 1. The molecule has 0 saturated carbocycles. The van der Waals surface area contributed by atoms with Crippen LogP contribution in [0.2, 0.25) is 0 Å². The van der Waals surface area contributed by atoms with E-state index < -0.39 is 16.5 Å². The number of nitrogens with zero attached hydrogens (tertiary/aromatic N) is 2. The highest BCUT2D eigenvalue weighted by Crippen LogP contribution is 2.38. The van der Waals surface area contributed by atoms with Crippen molar-refractivity contribution in [2.24, 2.45) is 5.92 Å². The van der Waals surface area contributed by atoms with Crippen LogP contribution in [0.25, 0.3) is 0 Å². The number of benzene rings is 1. The van der Waals surface area contributed by atoms with E-state index in [-0.39, 0.29) is 11.6 Å². The largest absolute Gasteiger partial charge is 0.324 e. The summed E-state index contributed by atoms with van der Waals surface area (Å²) in [5.74, 6) is 0.101. The number of rotatable bonds is 3. The first-order valence-corrected chi connectivity index (χ1v) is 7.03.